The fourth-order valence-corrected chi connectivity index (χ4v) is 0.468. The van der Waals surface area contributed by atoms with Gasteiger partial charge >= 0.3 is 0 Å². The highest BCUT2D eigenvalue weighted by Gasteiger charge is 1.99. The van der Waals surface area contributed by atoms with Gasteiger partial charge < -0.3 is 16.2 Å². The Morgan fingerprint density at radius 2 is 1.60 bits per heavy atom. The minimum absolute atomic E-state index is 0. The number of hydrogen-bond acceptors (Lipinski definition) is 3. The van der Waals surface area contributed by atoms with E-state index in [2.05, 4.69) is 0 Å². The monoisotopic (exact) mass is 190 g/mol. The number of nitrogens with two attached hydrogens (primary N) is 2. The zero-order valence-electron chi connectivity index (χ0n) is 6.08. The Morgan fingerprint density at radius 3 is 1.70 bits per heavy atom. The zero-order chi connectivity index (χ0) is 6.41. The molecule has 0 aromatic rings. The third kappa shape index (κ3) is 8.46. The molecule has 0 spiro atoms. The summed E-state index contributed by atoms with van der Waals surface area (Å²) in [5.41, 5.74) is 10.5. The van der Waals surface area contributed by atoms with Gasteiger partial charge in [0.25, 0.3) is 0 Å². The summed E-state index contributed by atoms with van der Waals surface area (Å²) in [6, 6.07) is 0. The third-order valence-corrected chi connectivity index (χ3v) is 0.928. The van der Waals surface area contributed by atoms with Crippen LogP contribution >= 0.6 is 24.8 Å². The van der Waals surface area contributed by atoms with Crippen molar-refractivity contribution >= 4 is 24.8 Å². The van der Waals surface area contributed by atoms with Crippen LogP contribution in [0.3, 0.4) is 0 Å². The Labute approximate surface area is 74.3 Å². The molecule has 66 valence electrons. The van der Waals surface area contributed by atoms with Gasteiger partial charge in [0.2, 0.25) is 0 Å². The summed E-state index contributed by atoms with van der Waals surface area (Å²) in [4.78, 5) is 0. The molecular weight excluding hydrogens is 175 g/mol. The van der Waals surface area contributed by atoms with E-state index in [9.17, 15) is 0 Å². The average Bonchev–Trinajstić information content (AvgIpc) is 1.83. The van der Waals surface area contributed by atoms with Crippen molar-refractivity contribution in [3.63, 3.8) is 0 Å². The summed E-state index contributed by atoms with van der Waals surface area (Å²) in [5.74, 6) is 0. The van der Waals surface area contributed by atoms with Crippen molar-refractivity contribution < 1.29 is 4.74 Å². The van der Waals surface area contributed by atoms with Crippen LogP contribution < -0.4 is 11.5 Å². The fraction of sp³-hybridized carbons (Fsp3) is 1.00. The van der Waals surface area contributed by atoms with Gasteiger partial charge in [-0.1, -0.05) is 0 Å². The first kappa shape index (κ1) is 16.8. The van der Waals surface area contributed by atoms with Crippen molar-refractivity contribution in [2.75, 3.05) is 19.7 Å². The van der Waals surface area contributed by atoms with E-state index in [4.69, 9.17) is 16.2 Å². The van der Waals surface area contributed by atoms with Gasteiger partial charge in [-0.3, -0.25) is 0 Å². The highest BCUT2D eigenvalue weighted by Crippen LogP contribution is 1.83. The molecule has 0 aliphatic rings. The number of rotatable bonds is 4. The first-order chi connectivity index (χ1) is 3.85. The Morgan fingerprint density at radius 1 is 1.20 bits per heavy atom. The molecule has 0 saturated carbocycles. The van der Waals surface area contributed by atoms with Gasteiger partial charge in [0, 0.05) is 19.7 Å². The van der Waals surface area contributed by atoms with Crippen LogP contribution in [-0.2, 0) is 4.74 Å². The lowest BCUT2D eigenvalue weighted by Gasteiger charge is -2.10. The van der Waals surface area contributed by atoms with Crippen LogP contribution in [0.25, 0.3) is 0 Å². The van der Waals surface area contributed by atoms with Crippen LogP contribution in [0.5, 0.6) is 0 Å². The Kier molecular flexibility index (Phi) is 20.5. The van der Waals surface area contributed by atoms with Gasteiger partial charge in [-0.05, 0) is 6.92 Å². The molecule has 0 aliphatic carbocycles. The molecule has 10 heavy (non-hydrogen) atoms. The van der Waals surface area contributed by atoms with E-state index in [1.54, 1.807) is 0 Å². The zero-order valence-corrected chi connectivity index (χ0v) is 7.71. The topological polar surface area (TPSA) is 61.3 Å². The second-order valence-corrected chi connectivity index (χ2v) is 1.55. The van der Waals surface area contributed by atoms with Crippen molar-refractivity contribution in [2.45, 2.75) is 13.0 Å². The SMILES string of the molecule is CCOC(CN)CN.Cl.Cl. The van der Waals surface area contributed by atoms with E-state index in [0.717, 1.165) is 0 Å². The molecule has 0 amide bonds. The van der Waals surface area contributed by atoms with E-state index < -0.39 is 0 Å². The lowest BCUT2D eigenvalue weighted by Crippen LogP contribution is -2.31. The molecule has 0 unspecified atom stereocenters. The van der Waals surface area contributed by atoms with Crippen molar-refractivity contribution in [1.29, 1.82) is 0 Å². The van der Waals surface area contributed by atoms with E-state index in [1.165, 1.54) is 0 Å². The van der Waals surface area contributed by atoms with Crippen molar-refractivity contribution in [3.8, 4) is 0 Å². The smallest absolute Gasteiger partial charge is 0.0819 e. The molecule has 3 nitrogen and oxygen atoms in total. The normalized spacial score (nSPS) is 8.40. The summed E-state index contributed by atoms with van der Waals surface area (Å²) in [6.45, 7) is 3.66. The standard InChI is InChI=1S/C5H14N2O.2ClH/c1-2-8-5(3-6)4-7;;/h5H,2-4,6-7H2,1H3;2*1H. The van der Waals surface area contributed by atoms with E-state index in [-0.39, 0.29) is 30.9 Å². The third-order valence-electron chi connectivity index (χ3n) is 0.928. The second-order valence-electron chi connectivity index (χ2n) is 1.55. The van der Waals surface area contributed by atoms with Crippen molar-refractivity contribution in [3.05, 3.63) is 0 Å². The minimum Gasteiger partial charge on any atom is -0.376 e. The molecule has 0 fully saturated rings. The van der Waals surface area contributed by atoms with Gasteiger partial charge in [-0.25, -0.2) is 0 Å². The maximum atomic E-state index is 5.26. The first-order valence-corrected chi connectivity index (χ1v) is 2.86. The number of halogens is 2. The van der Waals surface area contributed by atoms with Gasteiger partial charge in [-0.15, -0.1) is 24.8 Å². The largest absolute Gasteiger partial charge is 0.376 e. The summed E-state index contributed by atoms with van der Waals surface area (Å²) in [6.07, 6.45) is 0.0556. The molecule has 0 aliphatic heterocycles. The van der Waals surface area contributed by atoms with Crippen LogP contribution in [0.1, 0.15) is 6.92 Å². The fourth-order valence-electron chi connectivity index (χ4n) is 0.468. The molecule has 4 N–H and O–H groups in total. The Balaban J connectivity index is -0.000000245. The maximum Gasteiger partial charge on any atom is 0.0819 e. The van der Waals surface area contributed by atoms with Gasteiger partial charge in [0.05, 0.1) is 6.10 Å². The molecule has 0 atom stereocenters. The molecule has 0 aromatic heterocycles. The summed E-state index contributed by atoms with van der Waals surface area (Å²) >= 11 is 0. The second kappa shape index (κ2) is 12.2. The van der Waals surface area contributed by atoms with E-state index in [1.807, 2.05) is 6.92 Å². The Hall–Kier alpha value is 0.460. The van der Waals surface area contributed by atoms with Gasteiger partial charge in [0.15, 0.2) is 0 Å². The van der Waals surface area contributed by atoms with Crippen LogP contribution in [0.4, 0.5) is 0 Å². The van der Waals surface area contributed by atoms with Gasteiger partial charge in [-0.2, -0.15) is 0 Å². The minimum atomic E-state index is 0. The summed E-state index contributed by atoms with van der Waals surface area (Å²) in [5, 5.41) is 0. The molecule has 0 bridgehead atoms. The molecular formula is C5H16Cl2N2O. The van der Waals surface area contributed by atoms with Crippen LogP contribution in [0.2, 0.25) is 0 Å². The van der Waals surface area contributed by atoms with Crippen LogP contribution in [0, 0.1) is 0 Å². The van der Waals surface area contributed by atoms with Crippen molar-refractivity contribution in [1.82, 2.24) is 0 Å². The highest BCUT2D eigenvalue weighted by atomic mass is 35.5. The average molecular weight is 191 g/mol. The molecule has 5 heteroatoms. The Bertz CT molecular complexity index is 52.9. The summed E-state index contributed by atoms with van der Waals surface area (Å²) in [7, 11) is 0. The molecule has 0 rings (SSSR count). The maximum absolute atomic E-state index is 5.26. The van der Waals surface area contributed by atoms with E-state index >= 15 is 0 Å². The summed E-state index contributed by atoms with van der Waals surface area (Å²) < 4.78 is 5.09. The van der Waals surface area contributed by atoms with Crippen molar-refractivity contribution in [2.24, 2.45) is 11.5 Å². The predicted octanol–water partition coefficient (Wildman–Crippen LogP) is 0.152. The highest BCUT2D eigenvalue weighted by molar-refractivity contribution is 5.85. The van der Waals surface area contributed by atoms with Gasteiger partial charge in [0.1, 0.15) is 0 Å². The molecule has 0 saturated heterocycles. The quantitative estimate of drug-likeness (QED) is 0.665. The predicted molar refractivity (Wildman–Crippen MR) is 48.0 cm³/mol. The molecule has 0 aromatic carbocycles. The lowest BCUT2D eigenvalue weighted by atomic mass is 10.4. The number of ether oxygens (including phenoxy) is 1. The van der Waals surface area contributed by atoms with E-state index in [0.29, 0.717) is 19.7 Å². The lowest BCUT2D eigenvalue weighted by molar-refractivity contribution is 0.0752. The molecule has 0 radical (unpaired) electrons. The first-order valence-electron chi connectivity index (χ1n) is 2.86. The number of hydrogen-bond donors (Lipinski definition) is 2. The molecule has 0 heterocycles. The van der Waals surface area contributed by atoms with Crippen LogP contribution in [-0.4, -0.2) is 25.8 Å². The van der Waals surface area contributed by atoms with Crippen LogP contribution in [0.15, 0.2) is 0 Å².